The summed E-state index contributed by atoms with van der Waals surface area (Å²) in [6.45, 7) is 11.1. The Kier molecular flexibility index (Phi) is 3.60. The molecule has 0 aromatic heterocycles. The first-order valence-corrected chi connectivity index (χ1v) is 6.90. The predicted molar refractivity (Wildman–Crippen MR) is 67.3 cm³/mol. The van der Waals surface area contributed by atoms with Gasteiger partial charge < -0.3 is 4.74 Å². The molecule has 16 heavy (non-hydrogen) atoms. The number of rotatable bonds is 5. The fraction of sp³-hybridized carbons (Fsp3) is 1.00. The van der Waals surface area contributed by atoms with Gasteiger partial charge >= 0.3 is 0 Å². The number of hydrogen-bond acceptors (Lipinski definition) is 2. The molecule has 2 rings (SSSR count). The summed E-state index contributed by atoms with van der Waals surface area (Å²) in [5.41, 5.74) is -0.0432. The third-order valence-electron chi connectivity index (χ3n) is 3.93. The van der Waals surface area contributed by atoms with E-state index < -0.39 is 0 Å². The zero-order valence-electron chi connectivity index (χ0n) is 11.3. The van der Waals surface area contributed by atoms with Gasteiger partial charge in [0.1, 0.15) is 5.72 Å². The van der Waals surface area contributed by atoms with Gasteiger partial charge in [-0.25, -0.2) is 0 Å². The fourth-order valence-electron chi connectivity index (χ4n) is 2.75. The summed E-state index contributed by atoms with van der Waals surface area (Å²) in [5, 5.41) is 0. The monoisotopic (exact) mass is 225 g/mol. The van der Waals surface area contributed by atoms with E-state index in [0.29, 0.717) is 6.04 Å². The van der Waals surface area contributed by atoms with Gasteiger partial charge in [-0.15, -0.1) is 0 Å². The lowest BCUT2D eigenvalue weighted by Crippen LogP contribution is -2.45. The van der Waals surface area contributed by atoms with Crippen molar-refractivity contribution in [3.05, 3.63) is 0 Å². The zero-order valence-corrected chi connectivity index (χ0v) is 11.3. The van der Waals surface area contributed by atoms with Crippen molar-refractivity contribution in [2.75, 3.05) is 13.2 Å². The van der Waals surface area contributed by atoms with Crippen molar-refractivity contribution in [2.24, 2.45) is 11.8 Å². The van der Waals surface area contributed by atoms with Gasteiger partial charge in [0.05, 0.1) is 6.61 Å². The van der Waals surface area contributed by atoms with E-state index in [1.54, 1.807) is 0 Å². The van der Waals surface area contributed by atoms with Crippen molar-refractivity contribution in [3.8, 4) is 0 Å². The van der Waals surface area contributed by atoms with E-state index in [2.05, 4.69) is 32.6 Å². The Labute approximate surface area is 100 Å². The lowest BCUT2D eigenvalue weighted by molar-refractivity contribution is -0.0580. The molecule has 2 fully saturated rings. The van der Waals surface area contributed by atoms with Crippen LogP contribution in [0.5, 0.6) is 0 Å². The van der Waals surface area contributed by atoms with E-state index in [-0.39, 0.29) is 5.72 Å². The molecule has 0 N–H and O–H groups in total. The Hall–Kier alpha value is -0.0800. The number of hydrogen-bond donors (Lipinski definition) is 0. The lowest BCUT2D eigenvalue weighted by Gasteiger charge is -2.35. The topological polar surface area (TPSA) is 12.5 Å². The van der Waals surface area contributed by atoms with Crippen LogP contribution < -0.4 is 0 Å². The van der Waals surface area contributed by atoms with Crippen molar-refractivity contribution in [2.45, 2.75) is 65.1 Å². The SMILES string of the molecule is CC(C)CN1[C@@H](CCC2CC2)COC1(C)C. The third-order valence-corrected chi connectivity index (χ3v) is 3.93. The van der Waals surface area contributed by atoms with Crippen molar-refractivity contribution in [1.29, 1.82) is 0 Å². The molecule has 0 aromatic rings. The van der Waals surface area contributed by atoms with Crippen LogP contribution in [0, 0.1) is 11.8 Å². The molecule has 0 aromatic carbocycles. The van der Waals surface area contributed by atoms with Crippen LogP contribution >= 0.6 is 0 Å². The summed E-state index contributed by atoms with van der Waals surface area (Å²) < 4.78 is 5.95. The average molecular weight is 225 g/mol. The Morgan fingerprint density at radius 3 is 2.50 bits per heavy atom. The number of ether oxygens (including phenoxy) is 1. The third kappa shape index (κ3) is 2.98. The quantitative estimate of drug-likeness (QED) is 0.712. The summed E-state index contributed by atoms with van der Waals surface area (Å²) >= 11 is 0. The average Bonchev–Trinajstić information content (AvgIpc) is 2.94. The molecule has 1 saturated heterocycles. The highest BCUT2D eigenvalue weighted by atomic mass is 16.5. The summed E-state index contributed by atoms with van der Waals surface area (Å²) in [6.07, 6.45) is 5.70. The van der Waals surface area contributed by atoms with Crippen LogP contribution in [-0.4, -0.2) is 29.8 Å². The van der Waals surface area contributed by atoms with E-state index in [9.17, 15) is 0 Å². The first-order chi connectivity index (χ1) is 7.49. The van der Waals surface area contributed by atoms with Crippen LogP contribution in [-0.2, 0) is 4.74 Å². The van der Waals surface area contributed by atoms with Crippen LogP contribution in [0.25, 0.3) is 0 Å². The first-order valence-electron chi connectivity index (χ1n) is 6.90. The van der Waals surface area contributed by atoms with Gasteiger partial charge in [-0.1, -0.05) is 26.7 Å². The van der Waals surface area contributed by atoms with Crippen molar-refractivity contribution < 1.29 is 4.74 Å². The van der Waals surface area contributed by atoms with Gasteiger partial charge in [0.15, 0.2) is 0 Å². The molecule has 0 spiro atoms. The molecule has 1 aliphatic carbocycles. The van der Waals surface area contributed by atoms with E-state index in [1.165, 1.54) is 32.2 Å². The highest BCUT2D eigenvalue weighted by Crippen LogP contribution is 2.37. The summed E-state index contributed by atoms with van der Waals surface area (Å²) in [7, 11) is 0. The zero-order chi connectivity index (χ0) is 11.8. The second kappa shape index (κ2) is 4.66. The maximum Gasteiger partial charge on any atom is 0.116 e. The molecule has 1 aliphatic heterocycles. The summed E-state index contributed by atoms with van der Waals surface area (Å²) in [5.74, 6) is 1.77. The molecule has 0 unspecified atom stereocenters. The molecule has 2 nitrogen and oxygen atoms in total. The maximum atomic E-state index is 5.95. The minimum atomic E-state index is -0.0432. The van der Waals surface area contributed by atoms with Gasteiger partial charge in [-0.05, 0) is 38.5 Å². The van der Waals surface area contributed by atoms with E-state index in [0.717, 1.165) is 18.4 Å². The number of nitrogens with zero attached hydrogens (tertiary/aromatic N) is 1. The van der Waals surface area contributed by atoms with Gasteiger partial charge in [0.25, 0.3) is 0 Å². The Morgan fingerprint density at radius 2 is 1.94 bits per heavy atom. The van der Waals surface area contributed by atoms with E-state index in [4.69, 9.17) is 4.74 Å². The van der Waals surface area contributed by atoms with Crippen LogP contribution in [0.3, 0.4) is 0 Å². The Balaban J connectivity index is 1.88. The van der Waals surface area contributed by atoms with Crippen LogP contribution in [0.15, 0.2) is 0 Å². The van der Waals surface area contributed by atoms with Gasteiger partial charge in [0.2, 0.25) is 0 Å². The molecule has 0 bridgehead atoms. The van der Waals surface area contributed by atoms with Crippen molar-refractivity contribution >= 4 is 0 Å². The summed E-state index contributed by atoms with van der Waals surface area (Å²) in [4.78, 5) is 2.58. The molecule has 1 atom stereocenters. The molecular formula is C14H27NO. The second-order valence-corrected chi connectivity index (χ2v) is 6.48. The molecule has 0 amide bonds. The largest absolute Gasteiger partial charge is 0.359 e. The molecule has 1 heterocycles. The molecular weight excluding hydrogens is 198 g/mol. The summed E-state index contributed by atoms with van der Waals surface area (Å²) in [6, 6.07) is 0.665. The molecule has 0 radical (unpaired) electrons. The second-order valence-electron chi connectivity index (χ2n) is 6.48. The minimum absolute atomic E-state index is 0.0432. The standard InChI is InChI=1S/C14H27NO/c1-11(2)9-15-13(8-7-12-5-6-12)10-16-14(15,3)4/h11-13H,5-10H2,1-4H3/t13-/m0/s1. The molecule has 94 valence electrons. The lowest BCUT2D eigenvalue weighted by atomic mass is 10.0. The molecule has 1 saturated carbocycles. The van der Waals surface area contributed by atoms with Crippen molar-refractivity contribution in [1.82, 2.24) is 4.90 Å². The van der Waals surface area contributed by atoms with E-state index in [1.807, 2.05) is 0 Å². The van der Waals surface area contributed by atoms with Crippen LogP contribution in [0.4, 0.5) is 0 Å². The Bertz CT molecular complexity index is 233. The molecule has 2 heteroatoms. The predicted octanol–water partition coefficient (Wildman–Crippen LogP) is 3.27. The van der Waals surface area contributed by atoms with Crippen molar-refractivity contribution in [3.63, 3.8) is 0 Å². The maximum absolute atomic E-state index is 5.95. The minimum Gasteiger partial charge on any atom is -0.359 e. The highest BCUT2D eigenvalue weighted by molar-refractivity contribution is 4.88. The van der Waals surface area contributed by atoms with Crippen LogP contribution in [0.2, 0.25) is 0 Å². The van der Waals surface area contributed by atoms with Gasteiger partial charge in [0, 0.05) is 12.6 Å². The Morgan fingerprint density at radius 1 is 1.25 bits per heavy atom. The first kappa shape index (κ1) is 12.4. The van der Waals surface area contributed by atoms with E-state index >= 15 is 0 Å². The normalized spacial score (nSPS) is 30.2. The van der Waals surface area contributed by atoms with Gasteiger partial charge in [-0.2, -0.15) is 0 Å². The molecule has 2 aliphatic rings. The smallest absolute Gasteiger partial charge is 0.116 e. The van der Waals surface area contributed by atoms with Gasteiger partial charge in [-0.3, -0.25) is 4.90 Å². The highest BCUT2D eigenvalue weighted by Gasteiger charge is 2.40. The van der Waals surface area contributed by atoms with Crippen LogP contribution in [0.1, 0.15) is 53.4 Å². The fourth-order valence-corrected chi connectivity index (χ4v) is 2.75.